The van der Waals surface area contributed by atoms with E-state index in [0.717, 1.165) is 16.3 Å². The minimum absolute atomic E-state index is 0.00173. The summed E-state index contributed by atoms with van der Waals surface area (Å²) in [6.45, 7) is 13.8. The third kappa shape index (κ3) is 6.82. The zero-order valence-corrected chi connectivity index (χ0v) is 19.8. The number of sulfone groups is 1. The van der Waals surface area contributed by atoms with Crippen LogP contribution in [0, 0.1) is 13.8 Å². The molecule has 0 fully saturated rings. The molecule has 1 aromatic carbocycles. The van der Waals surface area contributed by atoms with Gasteiger partial charge in [-0.1, -0.05) is 32.9 Å². The van der Waals surface area contributed by atoms with Crippen molar-refractivity contribution in [3.63, 3.8) is 0 Å². The minimum atomic E-state index is -3.36. The Morgan fingerprint density at radius 3 is 2.31 bits per heavy atom. The molecule has 2 N–H and O–H groups in total. The highest BCUT2D eigenvalue weighted by Crippen LogP contribution is 2.23. The third-order valence-corrected chi connectivity index (χ3v) is 7.32. The number of thiazole rings is 1. The summed E-state index contributed by atoms with van der Waals surface area (Å²) in [6, 6.07) is 7.18. The molecule has 0 amide bonds. The Morgan fingerprint density at radius 2 is 1.79 bits per heavy atom. The molecule has 1 heterocycles. The van der Waals surface area contributed by atoms with Crippen molar-refractivity contribution in [3.8, 4) is 0 Å². The smallest absolute Gasteiger partial charge is 0.191 e. The summed E-state index contributed by atoms with van der Waals surface area (Å²) >= 11 is 1.63. The van der Waals surface area contributed by atoms with Gasteiger partial charge in [-0.15, -0.1) is 11.3 Å². The van der Waals surface area contributed by atoms with Crippen molar-refractivity contribution in [2.45, 2.75) is 58.4 Å². The summed E-state index contributed by atoms with van der Waals surface area (Å²) in [5.74, 6) is 0.596. The standard InChI is InChI=1S/C21H32N4O2S2/c1-7-22-20(24-14-19-25-15(2)16(3)28-19)23-12-13-29(26,27)18-10-8-17(9-11-18)21(4,5)6/h8-11H,7,12-14H2,1-6H3,(H2,22,23,24). The second kappa shape index (κ2) is 9.71. The molecule has 0 saturated carbocycles. The van der Waals surface area contributed by atoms with Gasteiger partial charge in [0.1, 0.15) is 5.01 Å². The highest BCUT2D eigenvalue weighted by Gasteiger charge is 2.17. The van der Waals surface area contributed by atoms with Crippen molar-refractivity contribution >= 4 is 27.1 Å². The number of aryl methyl sites for hydroxylation is 2. The zero-order valence-electron chi connectivity index (χ0n) is 18.2. The molecular weight excluding hydrogens is 404 g/mol. The van der Waals surface area contributed by atoms with Gasteiger partial charge in [-0.3, -0.25) is 0 Å². The second-order valence-electron chi connectivity index (χ2n) is 7.96. The Labute approximate surface area is 178 Å². The van der Waals surface area contributed by atoms with Gasteiger partial charge in [-0.05, 0) is 43.9 Å². The van der Waals surface area contributed by atoms with E-state index < -0.39 is 9.84 Å². The fourth-order valence-electron chi connectivity index (χ4n) is 2.68. The Morgan fingerprint density at radius 1 is 1.14 bits per heavy atom. The maximum Gasteiger partial charge on any atom is 0.191 e. The predicted octanol–water partition coefficient (Wildman–Crippen LogP) is 3.59. The Hall–Kier alpha value is -1.93. The molecule has 2 aromatic rings. The normalized spacial score (nSPS) is 12.8. The van der Waals surface area contributed by atoms with Crippen LogP contribution in [0.25, 0.3) is 0 Å². The number of guanidine groups is 1. The highest BCUT2D eigenvalue weighted by atomic mass is 32.2. The van der Waals surface area contributed by atoms with Gasteiger partial charge in [-0.25, -0.2) is 18.4 Å². The van der Waals surface area contributed by atoms with E-state index in [-0.39, 0.29) is 17.7 Å². The highest BCUT2D eigenvalue weighted by molar-refractivity contribution is 7.91. The number of benzene rings is 1. The first-order valence-corrected chi connectivity index (χ1v) is 12.3. The summed E-state index contributed by atoms with van der Waals surface area (Å²) in [5, 5.41) is 7.20. The largest absolute Gasteiger partial charge is 0.357 e. The number of hydrogen-bond donors (Lipinski definition) is 2. The summed E-state index contributed by atoms with van der Waals surface area (Å²) in [4.78, 5) is 10.5. The van der Waals surface area contributed by atoms with Crippen LogP contribution in [-0.4, -0.2) is 38.2 Å². The lowest BCUT2D eigenvalue weighted by molar-refractivity contribution is 0.586. The van der Waals surface area contributed by atoms with Gasteiger partial charge >= 0.3 is 0 Å². The molecule has 0 bridgehead atoms. The molecule has 0 aliphatic carbocycles. The van der Waals surface area contributed by atoms with Gasteiger partial charge in [0.25, 0.3) is 0 Å². The van der Waals surface area contributed by atoms with Crippen LogP contribution in [0.4, 0.5) is 0 Å². The van der Waals surface area contributed by atoms with E-state index >= 15 is 0 Å². The van der Waals surface area contributed by atoms with Crippen LogP contribution in [0.1, 0.15) is 48.8 Å². The number of nitrogens with one attached hydrogen (secondary N) is 2. The molecule has 160 valence electrons. The average Bonchev–Trinajstić information content (AvgIpc) is 2.97. The van der Waals surface area contributed by atoms with Crippen molar-refractivity contribution < 1.29 is 8.42 Å². The van der Waals surface area contributed by atoms with E-state index in [1.165, 1.54) is 4.88 Å². The van der Waals surface area contributed by atoms with Gasteiger partial charge < -0.3 is 10.6 Å². The lowest BCUT2D eigenvalue weighted by atomic mass is 9.87. The zero-order chi connectivity index (χ0) is 21.7. The van der Waals surface area contributed by atoms with Crippen molar-refractivity contribution in [2.75, 3.05) is 18.8 Å². The molecule has 1 aromatic heterocycles. The Bertz CT molecular complexity index is 921. The number of nitrogens with zero attached hydrogens (tertiary/aromatic N) is 2. The first-order valence-electron chi connectivity index (χ1n) is 9.81. The van der Waals surface area contributed by atoms with Crippen molar-refractivity contribution in [3.05, 3.63) is 45.4 Å². The topological polar surface area (TPSA) is 83.4 Å². The van der Waals surface area contributed by atoms with E-state index in [1.807, 2.05) is 32.9 Å². The molecule has 2 rings (SSSR count). The monoisotopic (exact) mass is 436 g/mol. The van der Waals surface area contributed by atoms with Crippen LogP contribution < -0.4 is 10.6 Å². The molecule has 0 aliphatic rings. The molecule has 0 aliphatic heterocycles. The molecule has 29 heavy (non-hydrogen) atoms. The second-order valence-corrected chi connectivity index (χ2v) is 11.4. The molecule has 8 heteroatoms. The van der Waals surface area contributed by atoms with Gasteiger partial charge in [0.05, 0.1) is 22.9 Å². The van der Waals surface area contributed by atoms with Gasteiger partial charge in [-0.2, -0.15) is 0 Å². The van der Waals surface area contributed by atoms with Crippen molar-refractivity contribution in [2.24, 2.45) is 4.99 Å². The number of hydrogen-bond acceptors (Lipinski definition) is 5. The lowest BCUT2D eigenvalue weighted by Gasteiger charge is -2.19. The van der Waals surface area contributed by atoms with Crippen LogP contribution in [0.2, 0.25) is 0 Å². The van der Waals surface area contributed by atoms with Crippen LogP contribution in [0.5, 0.6) is 0 Å². The number of aliphatic imine (C=N–C) groups is 1. The number of rotatable bonds is 7. The molecule has 0 saturated heterocycles. The SMILES string of the molecule is CCNC(=NCc1nc(C)c(C)s1)NCCS(=O)(=O)c1ccc(C(C)(C)C)cc1. The van der Waals surface area contributed by atoms with Crippen molar-refractivity contribution in [1.82, 2.24) is 15.6 Å². The van der Waals surface area contributed by atoms with Crippen LogP contribution in [0.3, 0.4) is 0 Å². The van der Waals surface area contributed by atoms with Crippen LogP contribution in [-0.2, 0) is 21.8 Å². The first kappa shape index (κ1) is 23.3. The van der Waals surface area contributed by atoms with E-state index in [2.05, 4.69) is 41.4 Å². The minimum Gasteiger partial charge on any atom is -0.357 e. The Balaban J connectivity index is 1.97. The van der Waals surface area contributed by atoms with Gasteiger partial charge in [0.15, 0.2) is 15.8 Å². The maximum absolute atomic E-state index is 12.6. The molecule has 0 atom stereocenters. The summed E-state index contributed by atoms with van der Waals surface area (Å²) < 4.78 is 25.3. The quantitative estimate of drug-likeness (QED) is 0.512. The molecule has 0 unspecified atom stereocenters. The maximum atomic E-state index is 12.6. The lowest BCUT2D eigenvalue weighted by Crippen LogP contribution is -2.39. The molecule has 0 radical (unpaired) electrons. The fourth-order valence-corrected chi connectivity index (χ4v) is 4.69. The van der Waals surface area contributed by atoms with Gasteiger partial charge in [0, 0.05) is 18.0 Å². The van der Waals surface area contributed by atoms with E-state index in [0.29, 0.717) is 23.9 Å². The summed E-state index contributed by atoms with van der Waals surface area (Å²) in [6.07, 6.45) is 0. The van der Waals surface area contributed by atoms with Crippen LogP contribution >= 0.6 is 11.3 Å². The molecule has 6 nitrogen and oxygen atoms in total. The first-order chi connectivity index (χ1) is 13.5. The number of aromatic nitrogens is 1. The van der Waals surface area contributed by atoms with Crippen molar-refractivity contribution in [1.29, 1.82) is 0 Å². The third-order valence-electron chi connectivity index (χ3n) is 4.53. The van der Waals surface area contributed by atoms with Crippen LogP contribution in [0.15, 0.2) is 34.2 Å². The van der Waals surface area contributed by atoms with Gasteiger partial charge in [0.2, 0.25) is 0 Å². The Kier molecular flexibility index (Phi) is 7.82. The van der Waals surface area contributed by atoms with E-state index in [1.54, 1.807) is 23.5 Å². The molecular formula is C21H32N4O2S2. The fraction of sp³-hybridized carbons (Fsp3) is 0.524. The summed E-state index contributed by atoms with van der Waals surface area (Å²) in [7, 11) is -3.36. The summed E-state index contributed by atoms with van der Waals surface area (Å²) in [5.41, 5.74) is 2.14. The average molecular weight is 437 g/mol. The predicted molar refractivity (Wildman–Crippen MR) is 122 cm³/mol. The van der Waals surface area contributed by atoms with E-state index in [4.69, 9.17) is 0 Å². The van der Waals surface area contributed by atoms with E-state index in [9.17, 15) is 8.42 Å². The molecule has 0 spiro atoms.